The zero-order valence-electron chi connectivity index (χ0n) is 25.5. The van der Waals surface area contributed by atoms with Gasteiger partial charge in [0.2, 0.25) is 0 Å². The lowest BCUT2D eigenvalue weighted by molar-refractivity contribution is -0.124. The smallest absolute Gasteiger partial charge is 0.339 e. The van der Waals surface area contributed by atoms with Gasteiger partial charge >= 0.3 is 12.0 Å². The molecule has 0 aliphatic heterocycles. The van der Waals surface area contributed by atoms with Crippen molar-refractivity contribution in [2.24, 2.45) is 0 Å². The van der Waals surface area contributed by atoms with E-state index in [-0.39, 0.29) is 35.7 Å². The Balaban J connectivity index is 2.10. The van der Waals surface area contributed by atoms with E-state index < -0.39 is 17.4 Å². The van der Waals surface area contributed by atoms with Gasteiger partial charge in [-0.15, -0.1) is 11.8 Å². The summed E-state index contributed by atoms with van der Waals surface area (Å²) in [6.45, 7) is 2.42. The fourth-order valence-corrected chi connectivity index (χ4v) is 4.78. The van der Waals surface area contributed by atoms with E-state index >= 15 is 0 Å². The molecule has 0 aromatic heterocycles. The van der Waals surface area contributed by atoms with Crippen molar-refractivity contribution in [3.63, 3.8) is 0 Å². The fourth-order valence-electron chi connectivity index (χ4n) is 3.76. The van der Waals surface area contributed by atoms with E-state index in [1.165, 1.54) is 37.1 Å². The molecule has 236 valence electrons. The molecule has 2 amide bonds. The van der Waals surface area contributed by atoms with Gasteiger partial charge in [0, 0.05) is 25.8 Å². The van der Waals surface area contributed by atoms with E-state index in [0.29, 0.717) is 6.42 Å². The Hall–Kier alpha value is -3.56. The molecule has 9 heteroatoms. The maximum Gasteiger partial charge on any atom is 0.339 e. The number of allylic oxidation sites excluding steroid dienone is 10. The number of phenols is 1. The molecule has 0 saturated heterocycles. The first-order chi connectivity index (χ1) is 20.9. The number of urea groups is 1. The second kappa shape index (κ2) is 25.0. The zero-order chi connectivity index (χ0) is 31.5. The number of carboxylic acids is 1. The molecule has 1 atom stereocenters. The first-order valence-electron chi connectivity index (χ1n) is 14.9. The maximum atomic E-state index is 12.5. The minimum atomic E-state index is -1.30. The summed E-state index contributed by atoms with van der Waals surface area (Å²) in [6, 6.07) is 3.24. The first kappa shape index (κ1) is 37.5. The van der Waals surface area contributed by atoms with Crippen LogP contribution >= 0.6 is 11.8 Å². The van der Waals surface area contributed by atoms with Crippen LogP contribution in [0, 0.1) is 0 Å². The molecule has 0 radical (unpaired) electrons. The lowest BCUT2D eigenvalue weighted by atomic mass is 10.2. The molecule has 0 saturated carbocycles. The van der Waals surface area contributed by atoms with Crippen LogP contribution in [0.1, 0.15) is 81.5 Å². The monoisotopic (exact) mass is 612 g/mol. The Labute approximate surface area is 261 Å². The number of aromatic hydroxyl groups is 1. The zero-order valence-corrected chi connectivity index (χ0v) is 26.3. The normalized spacial score (nSPS) is 12.7. The molecule has 0 spiro atoms. The minimum Gasteiger partial charge on any atom is -0.507 e. The molecule has 0 aliphatic carbocycles. The van der Waals surface area contributed by atoms with E-state index in [0.717, 1.165) is 57.1 Å². The van der Waals surface area contributed by atoms with Crippen LogP contribution in [-0.2, 0) is 9.53 Å². The summed E-state index contributed by atoms with van der Waals surface area (Å²) in [5, 5.41) is 23.8. The minimum absolute atomic E-state index is 0.0165. The number of Topliss-reactive ketones (excluding diaryl/α,β-unsaturated/α-hetero) is 1. The second-order valence-corrected chi connectivity index (χ2v) is 10.8. The Morgan fingerprint density at radius 1 is 0.884 bits per heavy atom. The van der Waals surface area contributed by atoms with Crippen molar-refractivity contribution in [1.29, 1.82) is 0 Å². The molecule has 1 unspecified atom stereocenters. The summed E-state index contributed by atoms with van der Waals surface area (Å²) >= 11 is 1.50. The van der Waals surface area contributed by atoms with Gasteiger partial charge in [-0.25, -0.2) is 9.59 Å². The van der Waals surface area contributed by atoms with Crippen molar-refractivity contribution in [2.45, 2.75) is 76.6 Å². The van der Waals surface area contributed by atoms with Crippen LogP contribution in [0.25, 0.3) is 0 Å². The summed E-state index contributed by atoms with van der Waals surface area (Å²) in [4.78, 5) is 35.6. The average Bonchev–Trinajstić information content (AvgIpc) is 2.99. The number of unbranched alkanes of at least 4 members (excludes halogenated alkanes) is 2. The number of benzene rings is 1. The molecular formula is C34H48N2O6S. The van der Waals surface area contributed by atoms with Gasteiger partial charge in [0.1, 0.15) is 11.3 Å². The summed E-state index contributed by atoms with van der Waals surface area (Å²) in [7, 11) is 1.53. The molecule has 43 heavy (non-hydrogen) atoms. The van der Waals surface area contributed by atoms with E-state index in [1.807, 2.05) is 0 Å². The van der Waals surface area contributed by atoms with Gasteiger partial charge in [0.05, 0.1) is 0 Å². The van der Waals surface area contributed by atoms with Gasteiger partial charge < -0.3 is 25.6 Å². The first-order valence-corrected chi connectivity index (χ1v) is 16.0. The number of methoxy groups -OCH3 is 1. The Kier molecular flexibility index (Phi) is 21.8. The molecule has 1 aromatic rings. The number of carboxylic acid groups (broad SMARTS) is 1. The van der Waals surface area contributed by atoms with Crippen molar-refractivity contribution in [1.82, 2.24) is 5.32 Å². The van der Waals surface area contributed by atoms with E-state index in [4.69, 9.17) is 9.84 Å². The second-order valence-electron chi connectivity index (χ2n) is 9.63. The highest BCUT2D eigenvalue weighted by atomic mass is 32.2. The standard InChI is InChI=1S/C34H48N2O6S/c1-3-4-5-6-7-8-9-10-11-12-13-14-15-16-17-18-19-20-26-43-33(42-2)31(38)22-21-25-35-34(41)36-28-23-24-30(37)29(27-28)32(39)40/h4-5,7-8,10-11,13-14,16-17,23-24,27,33,37H,3,6,9,12,15,18-22,25-26H2,1-2H3,(H,39,40)(H2,35,36,41)/b5-4-,8-7-,11-10-,14-13-,17-16-. The number of nitrogens with one attached hydrogen (secondary N) is 2. The number of hydrogen-bond donors (Lipinski definition) is 4. The number of carbonyl (C=O) groups excluding carboxylic acids is 2. The van der Waals surface area contributed by atoms with Gasteiger partial charge in [0.15, 0.2) is 11.2 Å². The SMILES string of the molecule is CC/C=C\C/C=C\C/C=C\C/C=C\C/C=C\CCCCSC(OC)C(=O)CCCNC(=O)Nc1ccc(O)c(C(=O)O)c1. The summed E-state index contributed by atoms with van der Waals surface area (Å²) < 4.78 is 5.36. The lowest BCUT2D eigenvalue weighted by Gasteiger charge is -2.14. The molecule has 0 aliphatic rings. The quantitative estimate of drug-likeness (QED) is 0.0425. The third-order valence-electron chi connectivity index (χ3n) is 6.04. The fraction of sp³-hybridized carbons (Fsp3) is 0.441. The number of carbonyl (C=O) groups is 3. The summed E-state index contributed by atoms with van der Waals surface area (Å²) in [5.41, 5.74) is -0.587. The number of aromatic carboxylic acids is 1. The Morgan fingerprint density at radius 2 is 1.49 bits per heavy atom. The Morgan fingerprint density at radius 3 is 2.07 bits per heavy atom. The lowest BCUT2D eigenvalue weighted by Crippen LogP contribution is -2.30. The molecule has 1 rings (SSSR count). The van der Waals surface area contributed by atoms with Gasteiger partial charge in [-0.05, 0) is 81.7 Å². The maximum absolute atomic E-state index is 12.5. The van der Waals surface area contributed by atoms with Crippen molar-refractivity contribution in [3.05, 3.63) is 84.5 Å². The van der Waals surface area contributed by atoms with Crippen LogP contribution in [0.15, 0.2) is 79.0 Å². The predicted molar refractivity (Wildman–Crippen MR) is 178 cm³/mol. The predicted octanol–water partition coefficient (Wildman–Crippen LogP) is 8.19. The van der Waals surface area contributed by atoms with Crippen LogP contribution in [0.4, 0.5) is 10.5 Å². The van der Waals surface area contributed by atoms with Crippen LogP contribution in [0.3, 0.4) is 0 Å². The van der Waals surface area contributed by atoms with Crippen molar-refractivity contribution >= 4 is 35.2 Å². The highest BCUT2D eigenvalue weighted by Gasteiger charge is 2.17. The van der Waals surface area contributed by atoms with Gasteiger partial charge in [-0.2, -0.15) is 0 Å². The average molecular weight is 613 g/mol. The topological polar surface area (TPSA) is 125 Å². The van der Waals surface area contributed by atoms with Gasteiger partial charge in [-0.3, -0.25) is 4.79 Å². The van der Waals surface area contributed by atoms with Crippen molar-refractivity contribution < 1.29 is 29.3 Å². The van der Waals surface area contributed by atoms with E-state index in [9.17, 15) is 19.5 Å². The highest BCUT2D eigenvalue weighted by molar-refractivity contribution is 8.00. The third-order valence-corrected chi connectivity index (χ3v) is 7.32. The number of thioether (sulfide) groups is 1. The largest absolute Gasteiger partial charge is 0.507 e. The van der Waals surface area contributed by atoms with Crippen molar-refractivity contribution in [3.8, 4) is 5.75 Å². The molecule has 1 aromatic carbocycles. The van der Waals surface area contributed by atoms with Gasteiger partial charge in [-0.1, -0.05) is 67.7 Å². The van der Waals surface area contributed by atoms with Crippen LogP contribution in [0.5, 0.6) is 5.75 Å². The summed E-state index contributed by atoms with van der Waals surface area (Å²) in [6.07, 6.45) is 30.7. The van der Waals surface area contributed by atoms with Gasteiger partial charge in [0.25, 0.3) is 0 Å². The molecular weight excluding hydrogens is 564 g/mol. The Bertz CT molecular complexity index is 1110. The highest BCUT2D eigenvalue weighted by Crippen LogP contribution is 2.21. The molecule has 4 N–H and O–H groups in total. The van der Waals surface area contributed by atoms with Crippen LogP contribution in [-0.4, -0.2) is 52.8 Å². The van der Waals surface area contributed by atoms with Crippen molar-refractivity contribution in [2.75, 3.05) is 24.7 Å². The third kappa shape index (κ3) is 19.3. The molecule has 8 nitrogen and oxygen atoms in total. The van der Waals surface area contributed by atoms with Crippen LogP contribution in [0.2, 0.25) is 0 Å². The van der Waals surface area contributed by atoms with E-state index in [2.05, 4.69) is 78.3 Å². The molecule has 0 heterocycles. The molecule has 0 fully saturated rings. The number of hydrogen-bond acceptors (Lipinski definition) is 6. The molecule has 0 bridgehead atoms. The summed E-state index contributed by atoms with van der Waals surface area (Å²) in [5.74, 6) is -0.860. The number of ketones is 1. The number of ether oxygens (including phenoxy) is 1. The number of rotatable bonds is 23. The van der Waals surface area contributed by atoms with E-state index in [1.54, 1.807) is 0 Å². The van der Waals surface area contributed by atoms with Crippen LogP contribution < -0.4 is 10.6 Å². The number of anilines is 1. The number of amides is 2.